The third kappa shape index (κ3) is 3.72. The third-order valence-electron chi connectivity index (χ3n) is 5.50. The van der Waals surface area contributed by atoms with Crippen LogP contribution in [-0.2, 0) is 10.0 Å². The second kappa shape index (κ2) is 7.91. The highest BCUT2D eigenvalue weighted by molar-refractivity contribution is 7.89. The molecule has 0 radical (unpaired) electrons. The molecule has 1 N–H and O–H groups in total. The Hall–Kier alpha value is -1.80. The van der Waals surface area contributed by atoms with Gasteiger partial charge in [-0.3, -0.25) is 0 Å². The van der Waals surface area contributed by atoms with Crippen molar-refractivity contribution in [1.29, 1.82) is 0 Å². The lowest BCUT2D eigenvalue weighted by Crippen LogP contribution is -3.14. The summed E-state index contributed by atoms with van der Waals surface area (Å²) in [6.45, 7) is 5.46. The average molecular weight is 424 g/mol. The van der Waals surface area contributed by atoms with Crippen molar-refractivity contribution in [1.82, 2.24) is 4.31 Å². The Morgan fingerprint density at radius 2 is 1.71 bits per heavy atom. The van der Waals surface area contributed by atoms with Gasteiger partial charge in [0.1, 0.15) is 19.3 Å². The molecule has 0 unspecified atom stereocenters. The zero-order chi connectivity index (χ0) is 19.7. The van der Waals surface area contributed by atoms with Crippen LogP contribution in [0.15, 0.2) is 47.4 Å². The Morgan fingerprint density at radius 3 is 2.43 bits per heavy atom. The first-order chi connectivity index (χ1) is 13.5. The van der Waals surface area contributed by atoms with Crippen molar-refractivity contribution in [2.24, 2.45) is 0 Å². The fraction of sp³-hybridized carbons (Fsp3) is 0.400. The van der Waals surface area contributed by atoms with Crippen LogP contribution in [0.3, 0.4) is 0 Å². The summed E-state index contributed by atoms with van der Waals surface area (Å²) in [7, 11) is -3.56. The van der Waals surface area contributed by atoms with E-state index in [0.717, 1.165) is 23.7 Å². The zero-order valence-electron chi connectivity index (χ0n) is 15.7. The highest BCUT2D eigenvalue weighted by Gasteiger charge is 2.33. The average Bonchev–Trinajstić information content (AvgIpc) is 2.73. The number of ether oxygens (including phenoxy) is 2. The zero-order valence-corrected chi connectivity index (χ0v) is 17.3. The van der Waals surface area contributed by atoms with Gasteiger partial charge in [0.05, 0.1) is 31.1 Å². The van der Waals surface area contributed by atoms with E-state index in [-0.39, 0.29) is 10.9 Å². The minimum atomic E-state index is -3.56. The minimum absolute atomic E-state index is 0.216. The van der Waals surface area contributed by atoms with Crippen LogP contribution in [-0.4, -0.2) is 52.1 Å². The van der Waals surface area contributed by atoms with Crippen LogP contribution in [0.5, 0.6) is 11.5 Å². The molecule has 0 aliphatic carbocycles. The van der Waals surface area contributed by atoms with E-state index < -0.39 is 10.0 Å². The molecule has 2 aliphatic heterocycles. The summed E-state index contributed by atoms with van der Waals surface area (Å²) in [5.74, 6) is 1.08. The topological polar surface area (TPSA) is 60.3 Å². The van der Waals surface area contributed by atoms with Crippen LogP contribution in [0, 0.1) is 0 Å². The maximum atomic E-state index is 13.1. The van der Waals surface area contributed by atoms with Crippen molar-refractivity contribution < 1.29 is 22.8 Å². The molecule has 1 saturated heterocycles. The van der Waals surface area contributed by atoms with Crippen molar-refractivity contribution in [3.05, 3.63) is 53.1 Å². The first-order valence-electron chi connectivity index (χ1n) is 9.45. The second-order valence-corrected chi connectivity index (χ2v) is 9.46. The maximum absolute atomic E-state index is 13.1. The minimum Gasteiger partial charge on any atom is -0.486 e. The van der Waals surface area contributed by atoms with E-state index in [1.165, 1.54) is 4.90 Å². The van der Waals surface area contributed by atoms with Crippen molar-refractivity contribution in [3.8, 4) is 11.5 Å². The lowest BCUT2D eigenvalue weighted by Gasteiger charge is -2.35. The molecule has 1 fully saturated rings. The first kappa shape index (κ1) is 19.5. The number of piperazine rings is 1. The normalized spacial score (nSPS) is 19.4. The standard InChI is InChI=1S/C20H23ClN2O4S/c1-15(17-4-2-3-5-18(17)21)22-8-10-23(11-9-22)28(24,25)16-6-7-19-20(14-16)27-13-12-26-19/h2-7,14-15H,8-13H2,1H3/p+1/t15-/m1/s1. The van der Waals surface area contributed by atoms with Gasteiger partial charge in [0.2, 0.25) is 10.0 Å². The number of nitrogens with zero attached hydrogens (tertiary/aromatic N) is 1. The van der Waals surface area contributed by atoms with E-state index >= 15 is 0 Å². The molecule has 2 heterocycles. The summed E-state index contributed by atoms with van der Waals surface area (Å²) >= 11 is 6.34. The summed E-state index contributed by atoms with van der Waals surface area (Å²) in [5, 5.41) is 0.758. The van der Waals surface area contributed by atoms with E-state index in [2.05, 4.69) is 6.92 Å². The van der Waals surface area contributed by atoms with E-state index in [1.54, 1.807) is 22.5 Å². The number of fused-ring (bicyclic) bond motifs is 1. The van der Waals surface area contributed by atoms with Gasteiger partial charge in [-0.15, -0.1) is 0 Å². The highest BCUT2D eigenvalue weighted by atomic mass is 35.5. The largest absolute Gasteiger partial charge is 0.486 e. The molecule has 150 valence electrons. The van der Waals surface area contributed by atoms with Gasteiger partial charge in [-0.1, -0.05) is 29.8 Å². The van der Waals surface area contributed by atoms with Crippen LogP contribution in [0.1, 0.15) is 18.5 Å². The molecule has 2 aromatic carbocycles. The quantitative estimate of drug-likeness (QED) is 0.814. The Balaban J connectivity index is 1.46. The highest BCUT2D eigenvalue weighted by Crippen LogP contribution is 2.33. The van der Waals surface area contributed by atoms with Gasteiger partial charge in [0.15, 0.2) is 11.5 Å². The number of halogens is 1. The van der Waals surface area contributed by atoms with Crippen molar-refractivity contribution in [3.63, 3.8) is 0 Å². The van der Waals surface area contributed by atoms with Crippen LogP contribution in [0.4, 0.5) is 0 Å². The van der Waals surface area contributed by atoms with E-state index in [9.17, 15) is 8.42 Å². The molecule has 8 heteroatoms. The third-order valence-corrected chi connectivity index (χ3v) is 7.74. The van der Waals surface area contributed by atoms with E-state index in [0.29, 0.717) is 37.8 Å². The van der Waals surface area contributed by atoms with Crippen LogP contribution in [0.2, 0.25) is 5.02 Å². The van der Waals surface area contributed by atoms with Crippen molar-refractivity contribution >= 4 is 21.6 Å². The Labute approximate surface area is 170 Å². The van der Waals surface area contributed by atoms with Crippen molar-refractivity contribution in [2.75, 3.05) is 39.4 Å². The van der Waals surface area contributed by atoms with Crippen molar-refractivity contribution in [2.45, 2.75) is 17.9 Å². The lowest BCUT2D eigenvalue weighted by molar-refractivity contribution is -0.933. The number of rotatable bonds is 4. The number of quaternary nitrogens is 1. The van der Waals surface area contributed by atoms with Gasteiger partial charge in [0.25, 0.3) is 0 Å². The SMILES string of the molecule is C[C@H](c1ccccc1Cl)[NH+]1CCN(S(=O)(=O)c2ccc3c(c2)OCCO3)CC1. The molecular formula is C20H24ClN2O4S+. The lowest BCUT2D eigenvalue weighted by atomic mass is 10.1. The van der Waals surface area contributed by atoms with E-state index in [1.807, 2.05) is 24.3 Å². The second-order valence-electron chi connectivity index (χ2n) is 7.11. The molecule has 6 nitrogen and oxygen atoms in total. The first-order valence-corrected chi connectivity index (χ1v) is 11.3. The molecule has 0 bridgehead atoms. The fourth-order valence-electron chi connectivity index (χ4n) is 3.83. The molecule has 28 heavy (non-hydrogen) atoms. The number of sulfonamides is 1. The summed E-state index contributed by atoms with van der Waals surface area (Å²) in [6.07, 6.45) is 0. The van der Waals surface area contributed by atoms with Gasteiger partial charge >= 0.3 is 0 Å². The predicted molar refractivity (Wildman–Crippen MR) is 107 cm³/mol. The van der Waals surface area contributed by atoms with Gasteiger partial charge in [-0.25, -0.2) is 8.42 Å². The molecule has 4 rings (SSSR count). The van der Waals surface area contributed by atoms with Crippen LogP contribution >= 0.6 is 11.6 Å². The number of hydrogen-bond donors (Lipinski definition) is 1. The molecule has 0 aromatic heterocycles. The Morgan fingerprint density at radius 1 is 1.04 bits per heavy atom. The summed E-state index contributed by atoms with van der Waals surface area (Å²) in [5.41, 5.74) is 1.10. The summed E-state index contributed by atoms with van der Waals surface area (Å²) in [4.78, 5) is 1.58. The smallest absolute Gasteiger partial charge is 0.243 e. The van der Waals surface area contributed by atoms with Crippen LogP contribution in [0.25, 0.3) is 0 Å². The van der Waals surface area contributed by atoms with Crippen LogP contribution < -0.4 is 14.4 Å². The molecule has 2 aromatic rings. The maximum Gasteiger partial charge on any atom is 0.243 e. The molecular weight excluding hydrogens is 400 g/mol. The Bertz CT molecular complexity index is 958. The molecule has 0 saturated carbocycles. The fourth-order valence-corrected chi connectivity index (χ4v) is 5.58. The molecule has 0 spiro atoms. The van der Waals surface area contributed by atoms with Gasteiger partial charge < -0.3 is 14.4 Å². The number of hydrogen-bond acceptors (Lipinski definition) is 4. The van der Waals surface area contributed by atoms with Gasteiger partial charge in [-0.2, -0.15) is 4.31 Å². The van der Waals surface area contributed by atoms with Gasteiger partial charge in [-0.05, 0) is 25.1 Å². The molecule has 1 atom stereocenters. The molecule has 2 aliphatic rings. The Kier molecular flexibility index (Phi) is 5.51. The monoisotopic (exact) mass is 423 g/mol. The predicted octanol–water partition coefficient (Wildman–Crippen LogP) is 1.76. The molecule has 0 amide bonds. The van der Waals surface area contributed by atoms with E-state index in [4.69, 9.17) is 21.1 Å². The number of benzene rings is 2. The van der Waals surface area contributed by atoms with Gasteiger partial charge in [0, 0.05) is 16.7 Å². The summed E-state index contributed by atoms with van der Waals surface area (Å²) < 4.78 is 38.7. The summed E-state index contributed by atoms with van der Waals surface area (Å²) in [6, 6.07) is 12.9. The number of nitrogens with one attached hydrogen (secondary N) is 1.